The van der Waals surface area contributed by atoms with Crippen molar-refractivity contribution in [1.82, 2.24) is 14.3 Å². The van der Waals surface area contributed by atoms with Gasteiger partial charge in [-0.05, 0) is 19.3 Å². The molecule has 0 spiro atoms. The van der Waals surface area contributed by atoms with E-state index in [1.807, 2.05) is 6.92 Å². The highest BCUT2D eigenvalue weighted by Gasteiger charge is 2.22. The van der Waals surface area contributed by atoms with Crippen LogP contribution in [0.15, 0.2) is 11.4 Å². The second-order valence-electron chi connectivity index (χ2n) is 4.49. The Morgan fingerprint density at radius 2 is 2.17 bits per heavy atom. The molecular weight excluding hydrogens is 278 g/mol. The minimum Gasteiger partial charge on any atom is -0.393 e. The summed E-state index contributed by atoms with van der Waals surface area (Å²) in [5.41, 5.74) is 0. The highest BCUT2D eigenvalue weighted by molar-refractivity contribution is 7.89. The Bertz CT molecular complexity index is 498. The van der Waals surface area contributed by atoms with Gasteiger partial charge >= 0.3 is 0 Å². The highest BCUT2D eigenvalue weighted by Crippen LogP contribution is 2.18. The van der Waals surface area contributed by atoms with Crippen molar-refractivity contribution in [3.05, 3.63) is 11.5 Å². The van der Waals surface area contributed by atoms with Crippen LogP contribution in [0.3, 0.4) is 0 Å². The number of aliphatic hydroxyl groups excluding tert-OH is 1. The molecule has 2 N–H and O–H groups in total. The molecule has 6 nitrogen and oxygen atoms in total. The zero-order chi connectivity index (χ0) is 13.9. The van der Waals surface area contributed by atoms with Gasteiger partial charge in [-0.25, -0.2) is 18.1 Å². The molecular formula is C10H18ClN3O3S. The first-order valence-electron chi connectivity index (χ1n) is 5.58. The van der Waals surface area contributed by atoms with Crippen molar-refractivity contribution in [3.63, 3.8) is 0 Å². The first-order chi connectivity index (χ1) is 8.24. The minimum absolute atomic E-state index is 0.0299. The summed E-state index contributed by atoms with van der Waals surface area (Å²) < 4.78 is 27.7. The third kappa shape index (κ3) is 3.94. The lowest BCUT2D eigenvalue weighted by atomic mass is 10.1. The second kappa shape index (κ2) is 6.01. The molecule has 0 aliphatic heterocycles. The molecule has 0 radical (unpaired) electrons. The smallest absolute Gasteiger partial charge is 0.261 e. The molecule has 0 fully saturated rings. The van der Waals surface area contributed by atoms with Crippen LogP contribution in [0.2, 0.25) is 5.15 Å². The van der Waals surface area contributed by atoms with E-state index in [0.29, 0.717) is 6.42 Å². The highest BCUT2D eigenvalue weighted by atomic mass is 35.5. The van der Waals surface area contributed by atoms with E-state index in [0.717, 1.165) is 0 Å². The van der Waals surface area contributed by atoms with Crippen molar-refractivity contribution in [2.24, 2.45) is 13.0 Å². The molecule has 8 heteroatoms. The summed E-state index contributed by atoms with van der Waals surface area (Å²) >= 11 is 5.83. The SMILES string of the molecule is CC(O)CC(C)CNS(=O)(=O)c1ncn(C)c1Cl. The van der Waals surface area contributed by atoms with Gasteiger partial charge in [-0.15, -0.1) is 0 Å². The van der Waals surface area contributed by atoms with Crippen molar-refractivity contribution in [1.29, 1.82) is 0 Å². The first-order valence-corrected chi connectivity index (χ1v) is 7.44. The van der Waals surface area contributed by atoms with E-state index in [9.17, 15) is 13.5 Å². The number of aryl methyl sites for hydroxylation is 1. The quantitative estimate of drug-likeness (QED) is 0.811. The lowest BCUT2D eigenvalue weighted by molar-refractivity contribution is 0.165. The summed E-state index contributed by atoms with van der Waals surface area (Å²) in [5.74, 6) is 0.0299. The van der Waals surface area contributed by atoms with Gasteiger partial charge in [0.15, 0.2) is 0 Å². The fourth-order valence-corrected chi connectivity index (χ4v) is 3.15. The van der Waals surface area contributed by atoms with E-state index in [-0.39, 0.29) is 22.6 Å². The molecule has 1 rings (SSSR count). The summed E-state index contributed by atoms with van der Waals surface area (Å²) in [6.45, 7) is 3.76. The van der Waals surface area contributed by atoms with Crippen LogP contribution in [0.25, 0.3) is 0 Å². The molecule has 0 bridgehead atoms. The summed E-state index contributed by atoms with van der Waals surface area (Å²) in [6, 6.07) is 0. The predicted octanol–water partition coefficient (Wildman–Crippen LogP) is 0.759. The van der Waals surface area contributed by atoms with Crippen molar-refractivity contribution in [2.75, 3.05) is 6.54 Å². The van der Waals surface area contributed by atoms with Crippen LogP contribution >= 0.6 is 11.6 Å². The van der Waals surface area contributed by atoms with Crippen molar-refractivity contribution >= 4 is 21.6 Å². The number of hydrogen-bond acceptors (Lipinski definition) is 4. The first kappa shape index (κ1) is 15.4. The molecule has 0 saturated carbocycles. The van der Waals surface area contributed by atoms with Gasteiger partial charge in [0, 0.05) is 13.6 Å². The zero-order valence-electron chi connectivity index (χ0n) is 10.6. The molecule has 18 heavy (non-hydrogen) atoms. The maximum absolute atomic E-state index is 11.9. The van der Waals surface area contributed by atoms with Gasteiger partial charge in [0.2, 0.25) is 5.03 Å². The Labute approximate surface area is 112 Å². The lowest BCUT2D eigenvalue weighted by Gasteiger charge is -2.13. The molecule has 0 aromatic carbocycles. The predicted molar refractivity (Wildman–Crippen MR) is 68.9 cm³/mol. The van der Waals surface area contributed by atoms with Gasteiger partial charge < -0.3 is 9.67 Å². The number of nitrogens with zero attached hydrogens (tertiary/aromatic N) is 2. The molecule has 2 atom stereocenters. The fourth-order valence-electron chi connectivity index (χ4n) is 1.56. The van der Waals surface area contributed by atoms with Crippen molar-refractivity contribution < 1.29 is 13.5 Å². The van der Waals surface area contributed by atoms with Gasteiger partial charge in [0.1, 0.15) is 5.15 Å². The van der Waals surface area contributed by atoms with Crippen LogP contribution in [-0.4, -0.2) is 35.7 Å². The molecule has 0 aliphatic rings. The maximum atomic E-state index is 11.9. The third-order valence-corrected chi connectivity index (χ3v) is 4.37. The average Bonchev–Trinajstić information content (AvgIpc) is 2.57. The van der Waals surface area contributed by atoms with Crippen LogP contribution in [0.5, 0.6) is 0 Å². The van der Waals surface area contributed by atoms with Gasteiger partial charge in [-0.2, -0.15) is 0 Å². The van der Waals surface area contributed by atoms with Gasteiger partial charge in [0.25, 0.3) is 10.0 Å². The number of hydrogen-bond donors (Lipinski definition) is 2. The Morgan fingerprint density at radius 1 is 1.56 bits per heavy atom. The van der Waals surface area contributed by atoms with Gasteiger partial charge in [0.05, 0.1) is 12.4 Å². The van der Waals surface area contributed by atoms with Crippen LogP contribution < -0.4 is 4.72 Å². The van der Waals surface area contributed by atoms with Gasteiger partial charge in [-0.3, -0.25) is 0 Å². The largest absolute Gasteiger partial charge is 0.393 e. The van der Waals surface area contributed by atoms with E-state index in [4.69, 9.17) is 11.6 Å². The Balaban J connectivity index is 2.69. The molecule has 1 heterocycles. The monoisotopic (exact) mass is 295 g/mol. The van der Waals surface area contributed by atoms with E-state index in [1.165, 1.54) is 10.9 Å². The molecule has 1 aromatic heterocycles. The number of aliphatic hydroxyl groups is 1. The van der Waals surface area contributed by atoms with Crippen LogP contribution in [0.1, 0.15) is 20.3 Å². The number of halogens is 1. The molecule has 0 amide bonds. The van der Waals surface area contributed by atoms with Crippen LogP contribution in [0, 0.1) is 5.92 Å². The number of rotatable bonds is 6. The Hall–Kier alpha value is -0.630. The Kier molecular flexibility index (Phi) is 5.15. The topological polar surface area (TPSA) is 84.2 Å². The Morgan fingerprint density at radius 3 is 2.61 bits per heavy atom. The normalized spacial score (nSPS) is 15.6. The van der Waals surface area contributed by atoms with E-state index < -0.39 is 16.1 Å². The molecule has 1 aromatic rings. The van der Waals surface area contributed by atoms with Crippen molar-refractivity contribution in [2.45, 2.75) is 31.4 Å². The van der Waals surface area contributed by atoms with Crippen LogP contribution in [0.4, 0.5) is 0 Å². The van der Waals surface area contributed by atoms with Gasteiger partial charge in [-0.1, -0.05) is 18.5 Å². The average molecular weight is 296 g/mol. The lowest BCUT2D eigenvalue weighted by Crippen LogP contribution is -2.30. The maximum Gasteiger partial charge on any atom is 0.261 e. The number of nitrogens with one attached hydrogen (secondary N) is 1. The van der Waals surface area contributed by atoms with Crippen molar-refractivity contribution in [3.8, 4) is 0 Å². The minimum atomic E-state index is -3.70. The number of sulfonamides is 1. The number of imidazole rings is 1. The summed E-state index contributed by atoms with van der Waals surface area (Å²) in [4.78, 5) is 3.76. The fraction of sp³-hybridized carbons (Fsp3) is 0.700. The summed E-state index contributed by atoms with van der Waals surface area (Å²) in [5, 5.41) is 9.11. The molecule has 104 valence electrons. The molecule has 2 unspecified atom stereocenters. The number of aromatic nitrogens is 2. The van der Waals surface area contributed by atoms with E-state index in [2.05, 4.69) is 9.71 Å². The van der Waals surface area contributed by atoms with E-state index in [1.54, 1.807) is 14.0 Å². The zero-order valence-corrected chi connectivity index (χ0v) is 12.2. The molecule has 0 saturated heterocycles. The standard InChI is InChI=1S/C10H18ClN3O3S/c1-7(4-8(2)15)5-13-18(16,17)10-9(11)14(3)6-12-10/h6-8,13,15H,4-5H2,1-3H3. The summed E-state index contributed by atoms with van der Waals surface area (Å²) in [6.07, 6.45) is 1.41. The van der Waals surface area contributed by atoms with E-state index >= 15 is 0 Å². The van der Waals surface area contributed by atoms with Crippen LogP contribution in [-0.2, 0) is 17.1 Å². The summed E-state index contributed by atoms with van der Waals surface area (Å²) in [7, 11) is -2.08. The molecule has 0 aliphatic carbocycles. The third-order valence-electron chi connectivity index (χ3n) is 2.45. The second-order valence-corrected chi connectivity index (χ2v) is 6.53.